The Bertz CT molecular complexity index is 454. The first-order valence-corrected chi connectivity index (χ1v) is 9.92. The number of carbonyl (C=O) groups excluding carboxylic acids is 1. The lowest BCUT2D eigenvalue weighted by Gasteiger charge is -2.43. The third kappa shape index (κ3) is 3.47. The molecule has 2 rings (SSSR count). The lowest BCUT2D eigenvalue weighted by atomic mass is 10.0. The van der Waals surface area contributed by atoms with Crippen molar-refractivity contribution in [1.82, 2.24) is 9.80 Å². The molecule has 0 bridgehead atoms. The van der Waals surface area contributed by atoms with Crippen molar-refractivity contribution in [2.45, 2.75) is 12.1 Å². The van der Waals surface area contributed by atoms with Crippen molar-refractivity contribution in [2.75, 3.05) is 56.9 Å². The van der Waals surface area contributed by atoms with Gasteiger partial charge in [-0.15, -0.1) is 0 Å². The molecule has 2 fully saturated rings. The molecular weight excluding hydrogens is 300 g/mol. The van der Waals surface area contributed by atoms with Gasteiger partial charge in [-0.05, 0) is 6.26 Å². The Morgan fingerprint density at radius 3 is 2.65 bits per heavy atom. The molecule has 0 aromatic carbocycles. The van der Waals surface area contributed by atoms with Gasteiger partial charge < -0.3 is 9.64 Å². The number of hydrogen-bond donors (Lipinski definition) is 0. The third-order valence-corrected chi connectivity index (χ3v) is 6.20. The Labute approximate surface area is 124 Å². The van der Waals surface area contributed by atoms with Crippen LogP contribution in [0.4, 0.5) is 0 Å². The first-order valence-electron chi connectivity index (χ1n) is 6.70. The number of fused-ring (bicyclic) bond motifs is 1. The van der Waals surface area contributed by atoms with Crippen LogP contribution >= 0.6 is 11.8 Å². The monoisotopic (exact) mass is 322 g/mol. The molecule has 0 spiro atoms. The summed E-state index contributed by atoms with van der Waals surface area (Å²) in [6.07, 6.45) is 1.88. The molecule has 0 radical (unpaired) electrons. The van der Waals surface area contributed by atoms with Gasteiger partial charge in [0.15, 0.2) is 9.84 Å². The molecule has 0 aromatic rings. The van der Waals surface area contributed by atoms with Crippen LogP contribution in [0.2, 0.25) is 0 Å². The van der Waals surface area contributed by atoms with Crippen molar-refractivity contribution in [2.24, 2.45) is 0 Å². The number of thioether (sulfide) groups is 1. The van der Waals surface area contributed by atoms with E-state index in [-0.39, 0.29) is 29.5 Å². The smallest absolute Gasteiger partial charge is 0.232 e. The topological polar surface area (TPSA) is 66.9 Å². The number of sulfone groups is 1. The molecule has 2 atom stereocenters. The minimum absolute atomic E-state index is 0.0518. The van der Waals surface area contributed by atoms with E-state index in [4.69, 9.17) is 4.74 Å². The molecule has 6 nitrogen and oxygen atoms in total. The summed E-state index contributed by atoms with van der Waals surface area (Å²) in [4.78, 5) is 16.1. The van der Waals surface area contributed by atoms with E-state index in [1.165, 1.54) is 11.8 Å². The fraction of sp³-hybridized carbons (Fsp3) is 0.917. The Kier molecular flexibility index (Phi) is 5.33. The predicted octanol–water partition coefficient (Wildman–Crippen LogP) is -0.694. The number of hydrogen-bond acceptors (Lipinski definition) is 6. The van der Waals surface area contributed by atoms with Gasteiger partial charge in [0.05, 0.1) is 29.9 Å². The summed E-state index contributed by atoms with van der Waals surface area (Å²) in [6, 6.07) is -0.264. The number of carbonyl (C=O) groups is 1. The van der Waals surface area contributed by atoms with Crippen LogP contribution in [0.25, 0.3) is 0 Å². The second kappa shape index (κ2) is 6.64. The maximum atomic E-state index is 12.1. The lowest BCUT2D eigenvalue weighted by molar-refractivity contribution is -0.134. The first-order chi connectivity index (χ1) is 9.48. The van der Waals surface area contributed by atoms with E-state index in [0.717, 1.165) is 13.1 Å². The van der Waals surface area contributed by atoms with Crippen molar-refractivity contribution in [3.63, 3.8) is 0 Å². The van der Waals surface area contributed by atoms with E-state index in [0.29, 0.717) is 18.9 Å². The summed E-state index contributed by atoms with van der Waals surface area (Å²) in [5.41, 5.74) is 0. The van der Waals surface area contributed by atoms with Gasteiger partial charge in [0, 0.05) is 32.8 Å². The number of ether oxygens (including phenoxy) is 1. The summed E-state index contributed by atoms with van der Waals surface area (Å²) >= 11 is 1.48. The van der Waals surface area contributed by atoms with Gasteiger partial charge in [-0.3, -0.25) is 9.69 Å². The fourth-order valence-electron chi connectivity index (χ4n) is 3.03. The van der Waals surface area contributed by atoms with Crippen molar-refractivity contribution >= 4 is 27.5 Å². The molecule has 0 aliphatic carbocycles. The van der Waals surface area contributed by atoms with Gasteiger partial charge >= 0.3 is 0 Å². The molecule has 20 heavy (non-hydrogen) atoms. The van der Waals surface area contributed by atoms with E-state index in [9.17, 15) is 13.2 Å². The Morgan fingerprint density at radius 1 is 1.30 bits per heavy atom. The Hall–Kier alpha value is -0.310. The normalized spacial score (nSPS) is 29.4. The number of methoxy groups -OCH3 is 1. The largest absolute Gasteiger partial charge is 0.383 e. The van der Waals surface area contributed by atoms with Crippen LogP contribution in [0.5, 0.6) is 0 Å². The third-order valence-electron chi connectivity index (χ3n) is 3.96. The van der Waals surface area contributed by atoms with Crippen LogP contribution in [0, 0.1) is 0 Å². The van der Waals surface area contributed by atoms with Gasteiger partial charge in [0.1, 0.15) is 0 Å². The highest BCUT2D eigenvalue weighted by molar-refractivity contribution is 7.99. The van der Waals surface area contributed by atoms with Crippen molar-refractivity contribution < 1.29 is 17.9 Å². The highest BCUT2D eigenvalue weighted by atomic mass is 32.2. The number of rotatable bonds is 5. The lowest BCUT2D eigenvalue weighted by Crippen LogP contribution is -2.61. The quantitative estimate of drug-likeness (QED) is 0.667. The van der Waals surface area contributed by atoms with Crippen LogP contribution < -0.4 is 0 Å². The van der Waals surface area contributed by atoms with E-state index in [1.807, 2.05) is 6.26 Å². The van der Waals surface area contributed by atoms with Crippen LogP contribution in [-0.4, -0.2) is 93.1 Å². The summed E-state index contributed by atoms with van der Waals surface area (Å²) in [5, 5.41) is 0. The zero-order chi connectivity index (χ0) is 14.8. The minimum Gasteiger partial charge on any atom is -0.383 e. The molecule has 2 aliphatic rings. The number of amides is 1. The average Bonchev–Trinajstić information content (AvgIpc) is 2.71. The molecule has 8 heteroatoms. The van der Waals surface area contributed by atoms with E-state index < -0.39 is 9.84 Å². The summed E-state index contributed by atoms with van der Waals surface area (Å²) in [7, 11) is -1.41. The van der Waals surface area contributed by atoms with Crippen molar-refractivity contribution in [1.29, 1.82) is 0 Å². The molecule has 2 saturated heterocycles. The van der Waals surface area contributed by atoms with Crippen LogP contribution in [-0.2, 0) is 19.4 Å². The van der Waals surface area contributed by atoms with Gasteiger partial charge in [0.25, 0.3) is 0 Å². The molecule has 2 aliphatic heterocycles. The van der Waals surface area contributed by atoms with E-state index >= 15 is 0 Å². The summed E-state index contributed by atoms with van der Waals surface area (Å²) in [6.45, 7) is 2.64. The van der Waals surface area contributed by atoms with E-state index in [1.54, 1.807) is 12.0 Å². The van der Waals surface area contributed by atoms with Gasteiger partial charge in [0.2, 0.25) is 5.91 Å². The van der Waals surface area contributed by atoms with Crippen molar-refractivity contribution in [3.8, 4) is 0 Å². The number of piperazine rings is 1. The van der Waals surface area contributed by atoms with Gasteiger partial charge in [-0.2, -0.15) is 11.8 Å². The molecule has 0 N–H and O–H groups in total. The average molecular weight is 322 g/mol. The highest BCUT2D eigenvalue weighted by Crippen LogP contribution is 2.27. The van der Waals surface area contributed by atoms with E-state index in [2.05, 4.69) is 4.90 Å². The zero-order valence-corrected chi connectivity index (χ0v) is 13.6. The summed E-state index contributed by atoms with van der Waals surface area (Å²) in [5.74, 6) is 0.725. The maximum absolute atomic E-state index is 12.1. The number of nitrogens with zero attached hydrogens (tertiary/aromatic N) is 2. The fourth-order valence-corrected chi connectivity index (χ4v) is 5.45. The molecule has 2 heterocycles. The molecule has 1 amide bonds. The SMILES string of the molecule is COCCN1CCN(C(=O)CSC)[C@@H]2CS(=O)(=O)C[C@@H]21. The molecule has 0 aromatic heterocycles. The van der Waals surface area contributed by atoms with Crippen LogP contribution in [0.1, 0.15) is 0 Å². The molecule has 0 unspecified atom stereocenters. The molecule has 0 saturated carbocycles. The maximum Gasteiger partial charge on any atom is 0.232 e. The standard InChI is InChI=1S/C12H22N2O4S2/c1-18-6-5-13-3-4-14(12(15)7-19-2)11-9-20(16,17)8-10(11)13/h10-11H,3-9H2,1-2H3/t10-,11+/m0/s1. The molecule has 116 valence electrons. The van der Waals surface area contributed by atoms with Crippen LogP contribution in [0.15, 0.2) is 0 Å². The van der Waals surface area contributed by atoms with Gasteiger partial charge in [-0.1, -0.05) is 0 Å². The molecular formula is C12H22N2O4S2. The minimum atomic E-state index is -3.05. The Morgan fingerprint density at radius 2 is 2.00 bits per heavy atom. The highest BCUT2D eigenvalue weighted by Gasteiger charge is 2.47. The zero-order valence-electron chi connectivity index (χ0n) is 11.9. The predicted molar refractivity (Wildman–Crippen MR) is 79.8 cm³/mol. The van der Waals surface area contributed by atoms with Crippen LogP contribution in [0.3, 0.4) is 0 Å². The Balaban J connectivity index is 2.13. The first kappa shape index (κ1) is 16.1. The van der Waals surface area contributed by atoms with Gasteiger partial charge in [-0.25, -0.2) is 8.42 Å². The second-order valence-corrected chi connectivity index (χ2v) is 8.28. The van der Waals surface area contributed by atoms with Crippen molar-refractivity contribution in [3.05, 3.63) is 0 Å². The summed E-state index contributed by atoms with van der Waals surface area (Å²) < 4.78 is 29.0. The second-order valence-electron chi connectivity index (χ2n) is 5.26.